The largest absolute Gasteiger partial charge is 0.339 e. The number of likely N-dealkylation sites (N-methyl/N-ethyl adjacent to an activating group) is 1. The smallest absolute Gasteiger partial charge is 0.231 e. The van der Waals surface area contributed by atoms with Gasteiger partial charge in [0.25, 0.3) is 0 Å². The van der Waals surface area contributed by atoms with Crippen LogP contribution in [0.3, 0.4) is 0 Å². The van der Waals surface area contributed by atoms with E-state index in [2.05, 4.69) is 31.2 Å². The second kappa shape index (κ2) is 8.52. The third-order valence-electron chi connectivity index (χ3n) is 4.81. The molecule has 1 N–H and O–H groups in total. The molecule has 0 amide bonds. The van der Waals surface area contributed by atoms with Crippen LogP contribution >= 0.6 is 0 Å². The van der Waals surface area contributed by atoms with E-state index in [1.54, 1.807) is 0 Å². The second-order valence-electron chi connectivity index (χ2n) is 6.39. The van der Waals surface area contributed by atoms with Gasteiger partial charge < -0.3 is 9.84 Å². The zero-order chi connectivity index (χ0) is 15.1. The van der Waals surface area contributed by atoms with Crippen LogP contribution in [0.2, 0.25) is 0 Å². The fraction of sp³-hybridized carbons (Fsp3) is 0.882. The Morgan fingerprint density at radius 3 is 2.43 bits per heavy atom. The van der Waals surface area contributed by atoms with Crippen LogP contribution in [0.1, 0.15) is 95.7 Å². The average molecular weight is 293 g/mol. The van der Waals surface area contributed by atoms with E-state index in [9.17, 15) is 0 Å². The van der Waals surface area contributed by atoms with Gasteiger partial charge in [-0.25, -0.2) is 0 Å². The minimum absolute atomic E-state index is 0.319. The lowest BCUT2D eigenvalue weighted by Crippen LogP contribution is -2.31. The molecule has 0 aromatic carbocycles. The summed E-state index contributed by atoms with van der Waals surface area (Å²) in [5.74, 6) is 2.60. The van der Waals surface area contributed by atoms with E-state index in [0.29, 0.717) is 17.9 Å². The molecule has 0 spiro atoms. The van der Waals surface area contributed by atoms with E-state index in [1.807, 2.05) is 0 Å². The summed E-state index contributed by atoms with van der Waals surface area (Å²) >= 11 is 0. The summed E-state index contributed by atoms with van der Waals surface area (Å²) in [5, 5.41) is 7.78. The fourth-order valence-corrected chi connectivity index (χ4v) is 3.48. The lowest BCUT2D eigenvalue weighted by molar-refractivity contribution is 0.312. The highest BCUT2D eigenvalue weighted by molar-refractivity contribution is 5.02. The van der Waals surface area contributed by atoms with Crippen molar-refractivity contribution in [2.45, 2.75) is 90.0 Å². The maximum atomic E-state index is 5.61. The molecule has 1 aliphatic rings. The third kappa shape index (κ3) is 4.53. The van der Waals surface area contributed by atoms with Crippen molar-refractivity contribution >= 4 is 0 Å². The molecule has 2 rings (SSSR count). The molecule has 0 bridgehead atoms. The molecule has 4 heteroatoms. The first-order valence-corrected chi connectivity index (χ1v) is 8.83. The van der Waals surface area contributed by atoms with E-state index in [-0.39, 0.29) is 0 Å². The summed E-state index contributed by atoms with van der Waals surface area (Å²) in [6.07, 6.45) is 10.2. The van der Waals surface area contributed by atoms with Gasteiger partial charge in [0, 0.05) is 12.0 Å². The minimum Gasteiger partial charge on any atom is -0.339 e. The first-order chi connectivity index (χ1) is 10.3. The molecule has 0 radical (unpaired) electrons. The van der Waals surface area contributed by atoms with Crippen LogP contribution in [0, 0.1) is 0 Å². The first-order valence-electron chi connectivity index (χ1n) is 8.83. The molecule has 0 saturated heterocycles. The van der Waals surface area contributed by atoms with E-state index in [0.717, 1.165) is 24.7 Å². The van der Waals surface area contributed by atoms with Crippen LogP contribution in [-0.4, -0.2) is 22.7 Å². The second-order valence-corrected chi connectivity index (χ2v) is 6.39. The molecule has 2 atom stereocenters. The Balaban J connectivity index is 2.04. The summed E-state index contributed by atoms with van der Waals surface area (Å²) in [7, 11) is 0. The predicted molar refractivity (Wildman–Crippen MR) is 85.5 cm³/mol. The zero-order valence-electron chi connectivity index (χ0n) is 13.9. The lowest BCUT2D eigenvalue weighted by atomic mass is 9.90. The summed E-state index contributed by atoms with van der Waals surface area (Å²) < 4.78 is 5.61. The molecule has 1 saturated carbocycles. The molecule has 1 aromatic heterocycles. The van der Waals surface area contributed by atoms with Gasteiger partial charge >= 0.3 is 0 Å². The maximum absolute atomic E-state index is 5.61. The van der Waals surface area contributed by atoms with Gasteiger partial charge in [-0.1, -0.05) is 51.1 Å². The van der Waals surface area contributed by atoms with Crippen molar-refractivity contribution in [3.8, 4) is 0 Å². The molecule has 4 nitrogen and oxygen atoms in total. The van der Waals surface area contributed by atoms with Gasteiger partial charge in [0.05, 0.1) is 5.92 Å². The Morgan fingerprint density at radius 2 is 1.81 bits per heavy atom. The molecule has 1 aromatic rings. The third-order valence-corrected chi connectivity index (χ3v) is 4.81. The summed E-state index contributed by atoms with van der Waals surface area (Å²) in [4.78, 5) is 4.76. The monoisotopic (exact) mass is 293 g/mol. The highest BCUT2D eigenvalue weighted by Crippen LogP contribution is 2.31. The van der Waals surface area contributed by atoms with E-state index in [1.165, 1.54) is 44.9 Å². The number of hydrogen-bond acceptors (Lipinski definition) is 4. The van der Waals surface area contributed by atoms with Crippen LogP contribution in [-0.2, 0) is 0 Å². The molecule has 1 heterocycles. The minimum atomic E-state index is 0.319. The van der Waals surface area contributed by atoms with Gasteiger partial charge in [-0.3, -0.25) is 0 Å². The number of rotatable bonds is 6. The molecule has 0 aliphatic heterocycles. The Bertz CT molecular complexity index is 396. The molecule has 1 aliphatic carbocycles. The molecule has 2 unspecified atom stereocenters. The van der Waals surface area contributed by atoms with Crippen LogP contribution in [0.15, 0.2) is 4.52 Å². The highest BCUT2D eigenvalue weighted by atomic mass is 16.5. The Labute approximate surface area is 129 Å². The van der Waals surface area contributed by atoms with Gasteiger partial charge in [0.2, 0.25) is 5.89 Å². The molecule has 120 valence electrons. The van der Waals surface area contributed by atoms with Crippen LogP contribution in [0.4, 0.5) is 0 Å². The maximum Gasteiger partial charge on any atom is 0.231 e. The quantitative estimate of drug-likeness (QED) is 0.845. The average Bonchev–Trinajstić information content (AvgIpc) is 2.89. The van der Waals surface area contributed by atoms with Crippen molar-refractivity contribution in [2.24, 2.45) is 0 Å². The number of aromatic nitrogens is 2. The van der Waals surface area contributed by atoms with Gasteiger partial charge in [-0.2, -0.15) is 4.98 Å². The van der Waals surface area contributed by atoms with Crippen molar-refractivity contribution in [3.63, 3.8) is 0 Å². The zero-order valence-corrected chi connectivity index (χ0v) is 13.9. The lowest BCUT2D eigenvalue weighted by Gasteiger charge is -2.19. The van der Waals surface area contributed by atoms with Gasteiger partial charge in [0.15, 0.2) is 5.82 Å². The Hall–Kier alpha value is -0.900. The van der Waals surface area contributed by atoms with Crippen molar-refractivity contribution in [1.29, 1.82) is 0 Å². The van der Waals surface area contributed by atoms with Gasteiger partial charge in [0.1, 0.15) is 0 Å². The topological polar surface area (TPSA) is 51.0 Å². The fourth-order valence-electron chi connectivity index (χ4n) is 3.48. The van der Waals surface area contributed by atoms with Gasteiger partial charge in [-0.15, -0.1) is 0 Å². The molecule has 1 fully saturated rings. The standard InChI is InChI=1S/C17H31N3O/c1-4-15(13(3)18-5-2)17-19-16(20-21-17)14-11-9-7-6-8-10-12-14/h13-15,18H,4-12H2,1-3H3. The Kier molecular flexibility index (Phi) is 6.68. The predicted octanol–water partition coefficient (Wildman–Crippen LogP) is 4.39. The SMILES string of the molecule is CCNC(C)C(CC)c1nc(C2CCCCCCC2)no1. The van der Waals surface area contributed by atoms with Crippen molar-refractivity contribution in [2.75, 3.05) is 6.54 Å². The Morgan fingerprint density at radius 1 is 1.14 bits per heavy atom. The van der Waals surface area contributed by atoms with Crippen LogP contribution < -0.4 is 5.32 Å². The highest BCUT2D eigenvalue weighted by Gasteiger charge is 2.25. The van der Waals surface area contributed by atoms with E-state index < -0.39 is 0 Å². The van der Waals surface area contributed by atoms with Gasteiger partial charge in [-0.05, 0) is 32.7 Å². The van der Waals surface area contributed by atoms with Crippen LogP contribution in [0.5, 0.6) is 0 Å². The normalized spacial score (nSPS) is 20.7. The van der Waals surface area contributed by atoms with Crippen molar-refractivity contribution in [1.82, 2.24) is 15.5 Å². The van der Waals surface area contributed by atoms with E-state index in [4.69, 9.17) is 9.51 Å². The molecular formula is C17H31N3O. The van der Waals surface area contributed by atoms with Crippen LogP contribution in [0.25, 0.3) is 0 Å². The summed E-state index contributed by atoms with van der Waals surface area (Å²) in [5.41, 5.74) is 0. The molecular weight excluding hydrogens is 262 g/mol. The summed E-state index contributed by atoms with van der Waals surface area (Å²) in [6.45, 7) is 7.51. The number of nitrogens with zero attached hydrogens (tertiary/aromatic N) is 2. The van der Waals surface area contributed by atoms with Crippen molar-refractivity contribution < 1.29 is 4.52 Å². The van der Waals surface area contributed by atoms with Crippen molar-refractivity contribution in [3.05, 3.63) is 11.7 Å². The number of hydrogen-bond donors (Lipinski definition) is 1. The number of nitrogens with one attached hydrogen (secondary N) is 1. The molecule has 21 heavy (non-hydrogen) atoms. The summed E-state index contributed by atoms with van der Waals surface area (Å²) in [6, 6.07) is 0.380. The first kappa shape index (κ1) is 16.5. The van der Waals surface area contributed by atoms with E-state index >= 15 is 0 Å².